The molecule has 0 aliphatic heterocycles. The Balaban J connectivity index is 1.68. The summed E-state index contributed by atoms with van der Waals surface area (Å²) < 4.78 is 10.9. The van der Waals surface area contributed by atoms with E-state index in [4.69, 9.17) is 20.8 Å². The van der Waals surface area contributed by atoms with Gasteiger partial charge in [0.05, 0.1) is 18.4 Å². The standard InChI is InChI=1S/C22H23ClN2O4/c1-12(2)16-10-17-15(11-28-19(17)8-13(16)3)9-20(26)29-14(4)22(27)25-18-6-5-7-24-21(18)23/h5-8,10-12,14H,9H2,1-4H3,(H,25,27). The molecule has 0 aliphatic rings. The highest BCUT2D eigenvalue weighted by atomic mass is 35.5. The van der Waals surface area contributed by atoms with E-state index >= 15 is 0 Å². The third-order valence-corrected chi connectivity index (χ3v) is 4.99. The van der Waals surface area contributed by atoms with Crippen molar-refractivity contribution in [3.05, 3.63) is 58.6 Å². The van der Waals surface area contributed by atoms with E-state index < -0.39 is 18.0 Å². The molecule has 0 aliphatic carbocycles. The van der Waals surface area contributed by atoms with Crippen LogP contribution in [-0.2, 0) is 20.7 Å². The highest BCUT2D eigenvalue weighted by molar-refractivity contribution is 6.32. The number of rotatable bonds is 6. The van der Waals surface area contributed by atoms with Crippen molar-refractivity contribution < 1.29 is 18.7 Å². The van der Waals surface area contributed by atoms with Crippen LogP contribution in [0.3, 0.4) is 0 Å². The molecule has 3 rings (SSSR count). The van der Waals surface area contributed by atoms with Gasteiger partial charge < -0.3 is 14.5 Å². The average Bonchev–Trinajstić information content (AvgIpc) is 3.03. The number of aryl methyl sites for hydroxylation is 1. The number of amides is 1. The monoisotopic (exact) mass is 414 g/mol. The molecule has 7 heteroatoms. The van der Waals surface area contributed by atoms with Gasteiger partial charge in [-0.05, 0) is 55.2 Å². The van der Waals surface area contributed by atoms with E-state index in [2.05, 4.69) is 30.2 Å². The van der Waals surface area contributed by atoms with Crippen LogP contribution < -0.4 is 5.32 Å². The van der Waals surface area contributed by atoms with Crippen molar-refractivity contribution >= 4 is 40.1 Å². The van der Waals surface area contributed by atoms with E-state index in [0.717, 1.165) is 22.1 Å². The minimum atomic E-state index is -0.981. The van der Waals surface area contributed by atoms with Gasteiger partial charge >= 0.3 is 5.97 Å². The number of halogens is 1. The maximum atomic E-state index is 12.4. The smallest absolute Gasteiger partial charge is 0.311 e. The van der Waals surface area contributed by atoms with Gasteiger partial charge in [0.25, 0.3) is 5.91 Å². The quantitative estimate of drug-likeness (QED) is 0.452. The zero-order chi connectivity index (χ0) is 21.1. The van der Waals surface area contributed by atoms with Gasteiger partial charge in [-0.1, -0.05) is 25.4 Å². The van der Waals surface area contributed by atoms with Crippen molar-refractivity contribution in [1.29, 1.82) is 0 Å². The molecule has 0 bridgehead atoms. The van der Waals surface area contributed by atoms with E-state index in [1.807, 2.05) is 13.0 Å². The fourth-order valence-corrected chi connectivity index (χ4v) is 3.33. The SMILES string of the molecule is Cc1cc2occ(CC(=O)OC(C)C(=O)Nc3cccnc3Cl)c2cc1C(C)C. The summed E-state index contributed by atoms with van der Waals surface area (Å²) in [6, 6.07) is 7.30. The van der Waals surface area contributed by atoms with E-state index in [0.29, 0.717) is 11.6 Å². The number of carbonyl (C=O) groups excluding carboxylic acids is 2. The Morgan fingerprint density at radius 2 is 2.03 bits per heavy atom. The van der Waals surface area contributed by atoms with Crippen LogP contribution in [0.4, 0.5) is 5.69 Å². The molecule has 3 aromatic rings. The Morgan fingerprint density at radius 3 is 2.72 bits per heavy atom. The number of pyridine rings is 1. The van der Waals surface area contributed by atoms with Gasteiger partial charge in [0, 0.05) is 17.1 Å². The molecule has 1 amide bonds. The second-order valence-electron chi connectivity index (χ2n) is 7.26. The third kappa shape index (κ3) is 4.77. The van der Waals surface area contributed by atoms with Crippen LogP contribution in [0, 0.1) is 6.92 Å². The number of anilines is 1. The molecule has 2 heterocycles. The van der Waals surface area contributed by atoms with Crippen LogP contribution in [0.1, 0.15) is 43.4 Å². The average molecular weight is 415 g/mol. The van der Waals surface area contributed by atoms with Crippen molar-refractivity contribution in [2.45, 2.75) is 46.1 Å². The molecule has 0 saturated heterocycles. The maximum absolute atomic E-state index is 12.4. The lowest BCUT2D eigenvalue weighted by Gasteiger charge is -2.14. The maximum Gasteiger partial charge on any atom is 0.311 e. The fraction of sp³-hybridized carbons (Fsp3) is 0.318. The van der Waals surface area contributed by atoms with Crippen LogP contribution in [0.25, 0.3) is 11.0 Å². The minimum Gasteiger partial charge on any atom is -0.464 e. The van der Waals surface area contributed by atoms with Crippen molar-refractivity contribution in [2.75, 3.05) is 5.32 Å². The molecule has 152 valence electrons. The number of fused-ring (bicyclic) bond motifs is 1. The summed E-state index contributed by atoms with van der Waals surface area (Å²) in [4.78, 5) is 28.6. The highest BCUT2D eigenvalue weighted by Gasteiger charge is 2.21. The van der Waals surface area contributed by atoms with Gasteiger partial charge in [0.1, 0.15) is 5.58 Å². The number of ether oxygens (including phenoxy) is 1. The minimum absolute atomic E-state index is 0.0128. The first-order chi connectivity index (χ1) is 13.8. The van der Waals surface area contributed by atoms with Gasteiger partial charge in [-0.25, -0.2) is 4.98 Å². The van der Waals surface area contributed by atoms with Crippen molar-refractivity contribution in [2.24, 2.45) is 0 Å². The van der Waals surface area contributed by atoms with E-state index in [1.54, 1.807) is 18.4 Å². The molecule has 1 atom stereocenters. The molecule has 1 aromatic carbocycles. The predicted molar refractivity (Wildman–Crippen MR) is 112 cm³/mol. The summed E-state index contributed by atoms with van der Waals surface area (Å²) in [5, 5.41) is 3.65. The number of nitrogens with zero attached hydrogens (tertiary/aromatic N) is 1. The molecule has 6 nitrogen and oxygen atoms in total. The molecule has 2 aromatic heterocycles. The first-order valence-electron chi connectivity index (χ1n) is 9.37. The van der Waals surface area contributed by atoms with E-state index in [9.17, 15) is 9.59 Å². The van der Waals surface area contributed by atoms with E-state index in [-0.39, 0.29) is 11.6 Å². The molecule has 0 radical (unpaired) electrons. The predicted octanol–water partition coefficient (Wildman–Crippen LogP) is 5.03. The Kier molecular flexibility index (Phi) is 6.23. The molecular formula is C22H23ClN2O4. The van der Waals surface area contributed by atoms with Crippen LogP contribution >= 0.6 is 11.6 Å². The Bertz CT molecular complexity index is 1060. The van der Waals surface area contributed by atoms with Crippen LogP contribution in [0.15, 0.2) is 41.1 Å². The number of aromatic nitrogens is 1. The van der Waals surface area contributed by atoms with Gasteiger partial charge in [0.2, 0.25) is 0 Å². The summed E-state index contributed by atoms with van der Waals surface area (Å²) in [5.41, 5.74) is 4.17. The van der Waals surface area contributed by atoms with Crippen molar-refractivity contribution in [3.8, 4) is 0 Å². The topological polar surface area (TPSA) is 81.4 Å². The van der Waals surface area contributed by atoms with Crippen molar-refractivity contribution in [1.82, 2.24) is 4.98 Å². The van der Waals surface area contributed by atoms with Crippen LogP contribution in [0.5, 0.6) is 0 Å². The molecule has 0 saturated carbocycles. The summed E-state index contributed by atoms with van der Waals surface area (Å²) in [6.45, 7) is 7.79. The lowest BCUT2D eigenvalue weighted by atomic mass is 9.95. The lowest BCUT2D eigenvalue weighted by molar-refractivity contribution is -0.152. The molecular weight excluding hydrogens is 392 g/mol. The molecule has 1 unspecified atom stereocenters. The normalized spacial score (nSPS) is 12.2. The number of furan rings is 1. The first kappa shape index (κ1) is 20.9. The molecule has 1 N–H and O–H groups in total. The number of carbonyl (C=O) groups is 2. The Labute approximate surface area is 174 Å². The summed E-state index contributed by atoms with van der Waals surface area (Å²) >= 11 is 5.93. The third-order valence-electron chi connectivity index (χ3n) is 4.69. The molecule has 0 spiro atoms. The second kappa shape index (κ2) is 8.66. The molecule has 0 fully saturated rings. The molecule has 29 heavy (non-hydrogen) atoms. The summed E-state index contributed by atoms with van der Waals surface area (Å²) in [6.07, 6.45) is 2.11. The van der Waals surface area contributed by atoms with Gasteiger partial charge in [0.15, 0.2) is 11.3 Å². The Hall–Kier alpha value is -2.86. The fourth-order valence-electron chi connectivity index (χ4n) is 3.17. The number of benzene rings is 1. The zero-order valence-corrected chi connectivity index (χ0v) is 17.5. The number of esters is 1. The highest BCUT2D eigenvalue weighted by Crippen LogP contribution is 2.29. The number of nitrogens with one attached hydrogen (secondary N) is 1. The van der Waals surface area contributed by atoms with E-state index in [1.165, 1.54) is 18.7 Å². The lowest BCUT2D eigenvalue weighted by Crippen LogP contribution is -2.30. The first-order valence-corrected chi connectivity index (χ1v) is 9.75. The van der Waals surface area contributed by atoms with Crippen molar-refractivity contribution in [3.63, 3.8) is 0 Å². The van der Waals surface area contributed by atoms with Crippen LogP contribution in [0.2, 0.25) is 5.15 Å². The Morgan fingerprint density at radius 1 is 1.28 bits per heavy atom. The second-order valence-corrected chi connectivity index (χ2v) is 7.62. The van der Waals surface area contributed by atoms with Crippen LogP contribution in [-0.4, -0.2) is 23.0 Å². The number of hydrogen-bond acceptors (Lipinski definition) is 5. The van der Waals surface area contributed by atoms with Gasteiger partial charge in [-0.3, -0.25) is 9.59 Å². The van der Waals surface area contributed by atoms with Gasteiger partial charge in [-0.2, -0.15) is 0 Å². The number of hydrogen-bond donors (Lipinski definition) is 1. The largest absolute Gasteiger partial charge is 0.464 e. The zero-order valence-electron chi connectivity index (χ0n) is 16.8. The summed E-state index contributed by atoms with van der Waals surface area (Å²) in [5.74, 6) is -0.639. The summed E-state index contributed by atoms with van der Waals surface area (Å²) in [7, 11) is 0. The van der Waals surface area contributed by atoms with Gasteiger partial charge in [-0.15, -0.1) is 0 Å².